The Kier molecular flexibility index (Phi) is 2.48. The maximum absolute atomic E-state index is 12.2. The van der Waals surface area contributed by atoms with Crippen LogP contribution >= 0.6 is 0 Å². The molecule has 0 unspecified atom stereocenters. The summed E-state index contributed by atoms with van der Waals surface area (Å²) in [5.74, 6) is 0. The van der Waals surface area contributed by atoms with Gasteiger partial charge in [0.2, 0.25) is 0 Å². The van der Waals surface area contributed by atoms with Crippen LogP contribution in [0.1, 0.15) is 12.5 Å². The molecular weight excluding hydrogens is 226 g/mol. The van der Waals surface area contributed by atoms with E-state index in [4.69, 9.17) is 0 Å². The van der Waals surface area contributed by atoms with Crippen LogP contribution in [0.2, 0.25) is 0 Å². The number of H-pyrrole nitrogens is 1. The van der Waals surface area contributed by atoms with Crippen LogP contribution < -0.4 is 5.56 Å². The Bertz CT molecular complexity index is 738. The monoisotopic (exact) mass is 239 g/mol. The summed E-state index contributed by atoms with van der Waals surface area (Å²) >= 11 is 0. The van der Waals surface area contributed by atoms with Gasteiger partial charge in [-0.2, -0.15) is 0 Å². The van der Waals surface area contributed by atoms with Gasteiger partial charge in [0.25, 0.3) is 5.56 Å². The Morgan fingerprint density at radius 3 is 2.67 bits per heavy atom. The van der Waals surface area contributed by atoms with Crippen LogP contribution in [0.4, 0.5) is 0 Å². The molecule has 4 nitrogen and oxygen atoms in total. The lowest BCUT2D eigenvalue weighted by Gasteiger charge is -2.02. The number of hydrogen-bond donors (Lipinski definition) is 1. The predicted molar refractivity (Wildman–Crippen MR) is 71.1 cm³/mol. The van der Waals surface area contributed by atoms with Crippen molar-refractivity contribution in [1.82, 2.24) is 14.8 Å². The Balaban J connectivity index is 2.18. The first kappa shape index (κ1) is 10.8. The first-order valence-corrected chi connectivity index (χ1v) is 5.94. The number of pyridine rings is 1. The Morgan fingerprint density at radius 2 is 2.00 bits per heavy atom. The molecule has 0 atom stereocenters. The maximum Gasteiger partial charge on any atom is 0.280 e. The van der Waals surface area contributed by atoms with Crippen LogP contribution in [0.3, 0.4) is 0 Å². The number of fused-ring (bicyclic) bond motifs is 1. The van der Waals surface area contributed by atoms with E-state index in [1.807, 2.05) is 24.3 Å². The van der Waals surface area contributed by atoms with Crippen molar-refractivity contribution >= 4 is 11.0 Å². The molecule has 4 heteroatoms. The molecule has 1 N–H and O–H groups in total. The molecule has 2 aromatic heterocycles. The quantitative estimate of drug-likeness (QED) is 0.745. The van der Waals surface area contributed by atoms with Gasteiger partial charge in [0.1, 0.15) is 0 Å². The van der Waals surface area contributed by atoms with Crippen molar-refractivity contribution in [3.63, 3.8) is 0 Å². The molecule has 3 rings (SSSR count). The summed E-state index contributed by atoms with van der Waals surface area (Å²) in [6, 6.07) is 11.5. The minimum absolute atomic E-state index is 0.0673. The molecule has 18 heavy (non-hydrogen) atoms. The highest BCUT2D eigenvalue weighted by molar-refractivity contribution is 5.73. The number of nitrogens with one attached hydrogen (secondary N) is 1. The van der Waals surface area contributed by atoms with Gasteiger partial charge >= 0.3 is 0 Å². The van der Waals surface area contributed by atoms with Gasteiger partial charge in [0, 0.05) is 6.20 Å². The summed E-state index contributed by atoms with van der Waals surface area (Å²) in [6.07, 6.45) is 2.66. The second-order valence-corrected chi connectivity index (χ2v) is 4.17. The largest absolute Gasteiger partial charge is 0.280 e. The van der Waals surface area contributed by atoms with E-state index in [-0.39, 0.29) is 5.56 Å². The van der Waals surface area contributed by atoms with Crippen LogP contribution in [-0.2, 0) is 6.42 Å². The summed E-state index contributed by atoms with van der Waals surface area (Å²) in [6.45, 7) is 2.11. The molecule has 0 fully saturated rings. The van der Waals surface area contributed by atoms with Crippen LogP contribution in [0, 0.1) is 0 Å². The van der Waals surface area contributed by atoms with Crippen LogP contribution in [-0.4, -0.2) is 14.8 Å². The molecule has 2 heterocycles. The fourth-order valence-corrected chi connectivity index (χ4v) is 2.01. The van der Waals surface area contributed by atoms with E-state index < -0.39 is 0 Å². The lowest BCUT2D eigenvalue weighted by Crippen LogP contribution is -2.14. The molecule has 0 bridgehead atoms. The number of benzene rings is 1. The number of rotatable bonds is 2. The average molecular weight is 239 g/mol. The Morgan fingerprint density at radius 1 is 1.22 bits per heavy atom. The van der Waals surface area contributed by atoms with Crippen molar-refractivity contribution in [2.75, 3.05) is 0 Å². The molecule has 90 valence electrons. The van der Waals surface area contributed by atoms with Gasteiger partial charge in [-0.15, -0.1) is 0 Å². The fraction of sp³-hybridized carbons (Fsp3) is 0.143. The minimum Gasteiger partial charge on any atom is -0.274 e. The molecule has 0 aliphatic heterocycles. The van der Waals surface area contributed by atoms with Crippen molar-refractivity contribution in [1.29, 1.82) is 0 Å². The number of hydrogen-bond acceptors (Lipinski definition) is 2. The normalized spacial score (nSPS) is 10.9. The molecular formula is C14H13N3O. The summed E-state index contributed by atoms with van der Waals surface area (Å²) in [5.41, 5.74) is 2.63. The molecule has 0 saturated carbocycles. The van der Waals surface area contributed by atoms with E-state index in [1.54, 1.807) is 18.3 Å². The van der Waals surface area contributed by atoms with Gasteiger partial charge in [-0.05, 0) is 36.2 Å². The topological polar surface area (TPSA) is 50.7 Å². The number of aryl methyl sites for hydroxylation is 1. The molecule has 0 aliphatic carbocycles. The summed E-state index contributed by atoms with van der Waals surface area (Å²) < 4.78 is 1.52. The zero-order valence-corrected chi connectivity index (χ0v) is 10.1. The van der Waals surface area contributed by atoms with Gasteiger partial charge in [0.15, 0.2) is 5.65 Å². The van der Waals surface area contributed by atoms with E-state index in [2.05, 4.69) is 17.0 Å². The van der Waals surface area contributed by atoms with E-state index in [0.29, 0.717) is 11.0 Å². The third-order valence-corrected chi connectivity index (χ3v) is 3.06. The number of aromatic amines is 1. The highest BCUT2D eigenvalue weighted by Gasteiger charge is 2.07. The van der Waals surface area contributed by atoms with E-state index >= 15 is 0 Å². The summed E-state index contributed by atoms with van der Waals surface area (Å²) in [7, 11) is 0. The predicted octanol–water partition coefficient (Wildman–Crippen LogP) is 2.28. The van der Waals surface area contributed by atoms with Crippen molar-refractivity contribution in [2.24, 2.45) is 0 Å². The van der Waals surface area contributed by atoms with E-state index in [0.717, 1.165) is 12.1 Å². The number of nitrogens with zero attached hydrogens (tertiary/aromatic N) is 2. The lowest BCUT2D eigenvalue weighted by atomic mass is 10.1. The van der Waals surface area contributed by atoms with Crippen molar-refractivity contribution in [2.45, 2.75) is 13.3 Å². The van der Waals surface area contributed by atoms with Crippen molar-refractivity contribution in [3.05, 3.63) is 58.5 Å². The van der Waals surface area contributed by atoms with Crippen LogP contribution in [0.5, 0.6) is 0 Å². The molecule has 0 radical (unpaired) electrons. The van der Waals surface area contributed by atoms with Crippen molar-refractivity contribution < 1.29 is 0 Å². The first-order chi connectivity index (χ1) is 8.79. The highest BCUT2D eigenvalue weighted by Crippen LogP contribution is 2.10. The molecule has 1 aromatic carbocycles. The molecule has 0 amide bonds. The third-order valence-electron chi connectivity index (χ3n) is 3.06. The molecule has 3 aromatic rings. The van der Waals surface area contributed by atoms with Crippen molar-refractivity contribution in [3.8, 4) is 5.69 Å². The van der Waals surface area contributed by atoms with Crippen LogP contribution in [0.15, 0.2) is 47.4 Å². The average Bonchev–Trinajstić information content (AvgIpc) is 2.77. The second kappa shape index (κ2) is 4.14. The van der Waals surface area contributed by atoms with Gasteiger partial charge < -0.3 is 0 Å². The maximum atomic E-state index is 12.2. The SMILES string of the molecule is CCc1ccc(-n2[nH]c3ncccc3c2=O)cc1. The fourth-order valence-electron chi connectivity index (χ4n) is 2.01. The summed E-state index contributed by atoms with van der Waals surface area (Å²) in [4.78, 5) is 16.3. The summed E-state index contributed by atoms with van der Waals surface area (Å²) in [5, 5.41) is 3.62. The smallest absolute Gasteiger partial charge is 0.274 e. The van der Waals surface area contributed by atoms with Gasteiger partial charge in [-0.25, -0.2) is 9.67 Å². The Labute approximate surface area is 104 Å². The van der Waals surface area contributed by atoms with Gasteiger partial charge in [-0.3, -0.25) is 9.89 Å². The minimum atomic E-state index is -0.0673. The van der Waals surface area contributed by atoms with Crippen LogP contribution in [0.25, 0.3) is 16.7 Å². The second-order valence-electron chi connectivity index (χ2n) is 4.17. The van der Waals surface area contributed by atoms with Gasteiger partial charge in [-0.1, -0.05) is 19.1 Å². The standard InChI is InChI=1S/C14H13N3O/c1-2-10-5-7-11(8-6-10)17-14(18)12-4-3-9-15-13(12)16-17/h3-9H,2H2,1H3,(H,15,16). The molecule has 0 saturated heterocycles. The van der Waals surface area contributed by atoms with E-state index in [9.17, 15) is 4.79 Å². The first-order valence-electron chi connectivity index (χ1n) is 5.94. The Hall–Kier alpha value is -2.36. The number of aromatic nitrogens is 3. The van der Waals surface area contributed by atoms with E-state index in [1.165, 1.54) is 10.2 Å². The third kappa shape index (κ3) is 1.62. The lowest BCUT2D eigenvalue weighted by molar-refractivity contribution is 0.857. The zero-order valence-electron chi connectivity index (χ0n) is 10.1. The molecule has 0 aliphatic rings. The zero-order chi connectivity index (χ0) is 12.5. The highest BCUT2D eigenvalue weighted by atomic mass is 16.1. The van der Waals surface area contributed by atoms with Gasteiger partial charge in [0.05, 0.1) is 11.1 Å². The molecule has 0 spiro atoms.